The molecule has 1 saturated heterocycles. The van der Waals surface area contributed by atoms with Gasteiger partial charge in [-0.25, -0.2) is 0 Å². The fourth-order valence-corrected chi connectivity index (χ4v) is 2.49. The maximum Gasteiger partial charge on any atom is 0.240 e. The van der Waals surface area contributed by atoms with Crippen LogP contribution in [0.25, 0.3) is 0 Å². The van der Waals surface area contributed by atoms with Crippen molar-refractivity contribution < 1.29 is 4.79 Å². The van der Waals surface area contributed by atoms with Crippen LogP contribution in [0, 0.1) is 11.3 Å². The second kappa shape index (κ2) is 5.50. The summed E-state index contributed by atoms with van der Waals surface area (Å²) >= 11 is 0. The molecule has 1 unspecified atom stereocenters. The molecule has 4 heteroatoms. The number of likely N-dealkylation sites (N-methyl/N-ethyl adjacent to an activating group) is 1. The number of carbonyl (C=O) groups is 1. The molecule has 0 aliphatic carbocycles. The molecule has 0 saturated carbocycles. The zero-order valence-electron chi connectivity index (χ0n) is 11.4. The van der Waals surface area contributed by atoms with Gasteiger partial charge in [0.05, 0.1) is 12.5 Å². The zero-order valence-corrected chi connectivity index (χ0v) is 11.4. The standard InChI is InChI=1S/C13H23N3O/c1-5-9-16-11(6-8-14)12(17)15(4)10-7-13(16,2)3/h11H,5-7,9-10H2,1-4H3. The molecule has 17 heavy (non-hydrogen) atoms. The molecule has 4 nitrogen and oxygen atoms in total. The third-order valence-corrected chi connectivity index (χ3v) is 3.62. The first kappa shape index (κ1) is 14.0. The Bertz CT molecular complexity index is 319. The molecule has 1 aliphatic rings. The molecule has 0 spiro atoms. The van der Waals surface area contributed by atoms with E-state index in [0.29, 0.717) is 0 Å². The minimum atomic E-state index is -0.276. The van der Waals surface area contributed by atoms with Crippen molar-refractivity contribution in [2.24, 2.45) is 0 Å². The molecule has 0 aromatic heterocycles. The summed E-state index contributed by atoms with van der Waals surface area (Å²) in [5.74, 6) is 0.0885. The molecule has 1 fully saturated rings. The van der Waals surface area contributed by atoms with Crippen molar-refractivity contribution in [3.8, 4) is 6.07 Å². The minimum Gasteiger partial charge on any atom is -0.344 e. The molecule has 0 N–H and O–H groups in total. The van der Waals surface area contributed by atoms with Crippen LogP contribution < -0.4 is 0 Å². The summed E-state index contributed by atoms with van der Waals surface area (Å²) in [6, 6.07) is 1.88. The van der Waals surface area contributed by atoms with Gasteiger partial charge >= 0.3 is 0 Å². The van der Waals surface area contributed by atoms with E-state index in [1.54, 1.807) is 4.90 Å². The van der Waals surface area contributed by atoms with Gasteiger partial charge in [0, 0.05) is 19.1 Å². The van der Waals surface area contributed by atoms with Gasteiger partial charge in [-0.15, -0.1) is 0 Å². The van der Waals surface area contributed by atoms with Gasteiger partial charge in [0.1, 0.15) is 6.04 Å². The van der Waals surface area contributed by atoms with Gasteiger partial charge in [-0.1, -0.05) is 6.92 Å². The van der Waals surface area contributed by atoms with Crippen LogP contribution in [-0.4, -0.2) is 47.4 Å². The van der Waals surface area contributed by atoms with Crippen molar-refractivity contribution in [2.45, 2.75) is 51.6 Å². The van der Waals surface area contributed by atoms with E-state index < -0.39 is 0 Å². The summed E-state index contributed by atoms with van der Waals surface area (Å²) in [5.41, 5.74) is -0.0159. The van der Waals surface area contributed by atoms with Crippen molar-refractivity contribution in [3.63, 3.8) is 0 Å². The van der Waals surface area contributed by atoms with Crippen LogP contribution in [0.3, 0.4) is 0 Å². The van der Waals surface area contributed by atoms with Gasteiger partial charge in [-0.05, 0) is 33.2 Å². The number of nitriles is 1. The van der Waals surface area contributed by atoms with E-state index in [9.17, 15) is 4.79 Å². The molecule has 0 bridgehead atoms. The van der Waals surface area contributed by atoms with Crippen molar-refractivity contribution in [1.29, 1.82) is 5.26 Å². The average Bonchev–Trinajstić information content (AvgIpc) is 2.35. The van der Waals surface area contributed by atoms with Crippen LogP contribution in [0.5, 0.6) is 0 Å². The fourth-order valence-electron chi connectivity index (χ4n) is 2.49. The molecule has 96 valence electrons. The maximum atomic E-state index is 12.2. The van der Waals surface area contributed by atoms with E-state index >= 15 is 0 Å². The van der Waals surface area contributed by atoms with Crippen molar-refractivity contribution in [3.05, 3.63) is 0 Å². The second-order valence-corrected chi connectivity index (χ2v) is 5.39. The highest BCUT2D eigenvalue weighted by molar-refractivity contribution is 5.82. The highest BCUT2D eigenvalue weighted by Crippen LogP contribution is 2.27. The van der Waals surface area contributed by atoms with Crippen LogP contribution in [0.15, 0.2) is 0 Å². The number of nitrogens with zero attached hydrogens (tertiary/aromatic N) is 3. The van der Waals surface area contributed by atoms with Gasteiger partial charge in [-0.3, -0.25) is 9.69 Å². The van der Waals surface area contributed by atoms with E-state index in [1.807, 2.05) is 7.05 Å². The number of hydrogen-bond donors (Lipinski definition) is 0. The Kier molecular flexibility index (Phi) is 4.53. The maximum absolute atomic E-state index is 12.2. The molecule has 1 rings (SSSR count). The topological polar surface area (TPSA) is 47.3 Å². The van der Waals surface area contributed by atoms with E-state index in [4.69, 9.17) is 5.26 Å². The first-order chi connectivity index (χ1) is 7.94. The van der Waals surface area contributed by atoms with Crippen LogP contribution in [-0.2, 0) is 4.79 Å². The lowest BCUT2D eigenvalue weighted by atomic mass is 9.96. The third-order valence-electron chi connectivity index (χ3n) is 3.62. The lowest BCUT2D eigenvalue weighted by Gasteiger charge is -2.40. The third kappa shape index (κ3) is 2.98. The number of amides is 1. The smallest absolute Gasteiger partial charge is 0.240 e. The summed E-state index contributed by atoms with van der Waals surface area (Å²) < 4.78 is 0. The first-order valence-electron chi connectivity index (χ1n) is 6.32. The number of hydrogen-bond acceptors (Lipinski definition) is 3. The molecule has 0 aromatic carbocycles. The summed E-state index contributed by atoms with van der Waals surface area (Å²) in [4.78, 5) is 16.2. The summed E-state index contributed by atoms with van der Waals surface area (Å²) in [7, 11) is 1.83. The molecule has 1 atom stereocenters. The second-order valence-electron chi connectivity index (χ2n) is 5.39. The Balaban J connectivity index is 3.04. The molecular weight excluding hydrogens is 214 g/mol. The van der Waals surface area contributed by atoms with Crippen LogP contribution in [0.4, 0.5) is 0 Å². The number of rotatable bonds is 3. The molecule has 0 radical (unpaired) electrons. The molecule has 0 aromatic rings. The van der Waals surface area contributed by atoms with Gasteiger partial charge in [-0.2, -0.15) is 5.26 Å². The quantitative estimate of drug-likeness (QED) is 0.749. The Morgan fingerprint density at radius 1 is 1.53 bits per heavy atom. The average molecular weight is 237 g/mol. The first-order valence-corrected chi connectivity index (χ1v) is 6.32. The van der Waals surface area contributed by atoms with E-state index in [-0.39, 0.29) is 23.9 Å². The van der Waals surface area contributed by atoms with Gasteiger partial charge in [0.15, 0.2) is 0 Å². The normalized spacial score (nSPS) is 25.5. The lowest BCUT2D eigenvalue weighted by Crippen LogP contribution is -2.52. The predicted molar refractivity (Wildman–Crippen MR) is 67.3 cm³/mol. The Morgan fingerprint density at radius 3 is 2.71 bits per heavy atom. The van der Waals surface area contributed by atoms with Gasteiger partial charge in [0.25, 0.3) is 0 Å². The summed E-state index contributed by atoms with van der Waals surface area (Å²) in [5, 5.41) is 8.92. The van der Waals surface area contributed by atoms with Crippen LogP contribution >= 0.6 is 0 Å². The van der Waals surface area contributed by atoms with Crippen molar-refractivity contribution in [2.75, 3.05) is 20.1 Å². The molecule has 1 amide bonds. The minimum absolute atomic E-state index is 0.0159. The van der Waals surface area contributed by atoms with Crippen LogP contribution in [0.2, 0.25) is 0 Å². The Morgan fingerprint density at radius 2 is 2.18 bits per heavy atom. The highest BCUT2D eigenvalue weighted by atomic mass is 16.2. The van der Waals surface area contributed by atoms with E-state index in [0.717, 1.165) is 25.9 Å². The van der Waals surface area contributed by atoms with Crippen molar-refractivity contribution in [1.82, 2.24) is 9.80 Å². The SMILES string of the molecule is CCCN1C(CC#N)C(=O)N(C)CCC1(C)C. The summed E-state index contributed by atoms with van der Waals surface area (Å²) in [6.45, 7) is 8.09. The largest absolute Gasteiger partial charge is 0.344 e. The fraction of sp³-hybridized carbons (Fsp3) is 0.846. The highest BCUT2D eigenvalue weighted by Gasteiger charge is 2.39. The van der Waals surface area contributed by atoms with Crippen molar-refractivity contribution >= 4 is 5.91 Å². The number of carbonyl (C=O) groups excluding carboxylic acids is 1. The zero-order chi connectivity index (χ0) is 13.1. The lowest BCUT2D eigenvalue weighted by molar-refractivity contribution is -0.135. The van der Waals surface area contributed by atoms with Gasteiger partial charge < -0.3 is 4.90 Å². The van der Waals surface area contributed by atoms with E-state index in [1.165, 1.54) is 0 Å². The monoisotopic (exact) mass is 237 g/mol. The Hall–Kier alpha value is -1.08. The van der Waals surface area contributed by atoms with Crippen LogP contribution in [0.1, 0.15) is 40.0 Å². The predicted octanol–water partition coefficient (Wildman–Crippen LogP) is 1.62. The van der Waals surface area contributed by atoms with Gasteiger partial charge in [0.2, 0.25) is 5.91 Å². The molecular formula is C13H23N3O. The van der Waals surface area contributed by atoms with E-state index in [2.05, 4.69) is 31.7 Å². The molecule has 1 heterocycles. The molecule has 1 aliphatic heterocycles. The Labute approximate surface area is 104 Å². The summed E-state index contributed by atoms with van der Waals surface area (Å²) in [6.07, 6.45) is 2.24.